The maximum absolute atomic E-state index is 12.8. The molecule has 160 valence electrons. The molecule has 0 amide bonds. The van der Waals surface area contributed by atoms with Crippen LogP contribution in [0, 0.1) is 5.82 Å². The third-order valence-electron chi connectivity index (χ3n) is 4.79. The van der Waals surface area contributed by atoms with Gasteiger partial charge in [0.15, 0.2) is 5.96 Å². The Bertz CT molecular complexity index is 616. The second-order valence-corrected chi connectivity index (χ2v) is 8.81. The molecule has 0 aromatic heterocycles. The number of nitrogens with one attached hydrogen (secondary N) is 2. The van der Waals surface area contributed by atoms with Crippen LogP contribution in [-0.2, 0) is 10.8 Å². The lowest BCUT2D eigenvalue weighted by atomic mass is 9.95. The van der Waals surface area contributed by atoms with Crippen LogP contribution in [0.2, 0.25) is 0 Å². The number of nitrogens with zero attached hydrogens (tertiary/aromatic N) is 1. The molecule has 1 aromatic carbocycles. The minimum atomic E-state index is -0.712. The molecule has 0 spiro atoms. The Labute approximate surface area is 187 Å². The Morgan fingerprint density at radius 2 is 2.04 bits per heavy atom. The average molecular weight is 525 g/mol. The molecule has 0 saturated heterocycles. The van der Waals surface area contributed by atoms with Crippen LogP contribution in [0.25, 0.3) is 0 Å². The third kappa shape index (κ3) is 9.07. The summed E-state index contributed by atoms with van der Waals surface area (Å²) in [6, 6.07) is 6.42. The Morgan fingerprint density at radius 1 is 1.29 bits per heavy atom. The van der Waals surface area contributed by atoms with Gasteiger partial charge >= 0.3 is 0 Å². The van der Waals surface area contributed by atoms with Gasteiger partial charge in [-0.25, -0.2) is 4.39 Å². The molecular weight excluding hydrogens is 492 g/mol. The van der Waals surface area contributed by atoms with E-state index in [1.165, 1.54) is 12.1 Å². The van der Waals surface area contributed by atoms with Crippen molar-refractivity contribution in [3.05, 3.63) is 30.1 Å². The fourth-order valence-electron chi connectivity index (χ4n) is 3.29. The van der Waals surface area contributed by atoms with Crippen molar-refractivity contribution in [2.45, 2.75) is 56.7 Å². The molecule has 5 nitrogen and oxygen atoms in total. The van der Waals surface area contributed by atoms with Crippen LogP contribution in [0.15, 0.2) is 29.3 Å². The Balaban J connectivity index is 0.00000392. The van der Waals surface area contributed by atoms with E-state index in [9.17, 15) is 8.60 Å². The molecule has 1 aliphatic rings. The number of aliphatic imine (C=N–C) groups is 1. The first-order valence-electron chi connectivity index (χ1n) is 9.85. The van der Waals surface area contributed by atoms with Crippen LogP contribution in [-0.4, -0.2) is 47.4 Å². The van der Waals surface area contributed by atoms with Gasteiger partial charge in [-0.2, -0.15) is 0 Å². The molecule has 1 aliphatic carbocycles. The molecule has 0 heterocycles. The summed E-state index contributed by atoms with van der Waals surface area (Å²) in [5.74, 6) is 1.99. The largest absolute Gasteiger partial charge is 0.494 e. The summed E-state index contributed by atoms with van der Waals surface area (Å²) in [6.45, 7) is 3.41. The van der Waals surface area contributed by atoms with E-state index in [0.717, 1.165) is 56.8 Å². The summed E-state index contributed by atoms with van der Waals surface area (Å²) >= 11 is 0. The monoisotopic (exact) mass is 525 g/mol. The molecule has 28 heavy (non-hydrogen) atoms. The zero-order valence-electron chi connectivity index (χ0n) is 16.8. The minimum Gasteiger partial charge on any atom is -0.494 e. The molecule has 1 fully saturated rings. The van der Waals surface area contributed by atoms with E-state index in [2.05, 4.69) is 15.6 Å². The fraction of sp³-hybridized carbons (Fsp3) is 0.650. The van der Waals surface area contributed by atoms with Crippen LogP contribution in [0.3, 0.4) is 0 Å². The summed E-state index contributed by atoms with van der Waals surface area (Å²) in [7, 11) is 1.06. The zero-order chi connectivity index (χ0) is 19.5. The molecule has 2 rings (SSSR count). The molecule has 3 unspecified atom stereocenters. The molecule has 1 saturated carbocycles. The van der Waals surface area contributed by atoms with Gasteiger partial charge in [-0.3, -0.25) is 9.20 Å². The van der Waals surface area contributed by atoms with E-state index in [0.29, 0.717) is 23.6 Å². The molecule has 0 radical (unpaired) electrons. The Morgan fingerprint density at radius 3 is 2.71 bits per heavy atom. The van der Waals surface area contributed by atoms with E-state index in [-0.39, 0.29) is 29.8 Å². The first-order valence-corrected chi connectivity index (χ1v) is 11.2. The van der Waals surface area contributed by atoms with Crippen molar-refractivity contribution in [2.75, 3.05) is 26.0 Å². The molecule has 0 bridgehead atoms. The highest BCUT2D eigenvalue weighted by Gasteiger charge is 2.25. The van der Waals surface area contributed by atoms with Crippen molar-refractivity contribution in [3.63, 3.8) is 0 Å². The van der Waals surface area contributed by atoms with E-state index in [1.807, 2.05) is 6.92 Å². The van der Waals surface area contributed by atoms with Gasteiger partial charge in [0.25, 0.3) is 0 Å². The fourth-order valence-corrected chi connectivity index (χ4v) is 4.64. The van der Waals surface area contributed by atoms with Crippen molar-refractivity contribution < 1.29 is 13.3 Å². The van der Waals surface area contributed by atoms with E-state index < -0.39 is 10.8 Å². The lowest BCUT2D eigenvalue weighted by Gasteiger charge is -2.30. The second kappa shape index (κ2) is 14.1. The van der Waals surface area contributed by atoms with E-state index in [1.54, 1.807) is 19.2 Å². The molecule has 1 aromatic rings. The summed E-state index contributed by atoms with van der Waals surface area (Å²) < 4.78 is 30.5. The van der Waals surface area contributed by atoms with Crippen LogP contribution in [0.1, 0.15) is 45.4 Å². The number of guanidine groups is 1. The summed E-state index contributed by atoms with van der Waals surface area (Å²) in [5.41, 5.74) is 0. The third-order valence-corrected chi connectivity index (χ3v) is 6.53. The molecular formula is C20H33FIN3O2S. The topological polar surface area (TPSA) is 62.7 Å². The summed E-state index contributed by atoms with van der Waals surface area (Å²) in [4.78, 5) is 4.30. The first-order chi connectivity index (χ1) is 13.1. The SMILES string of the molecule is CCS(=O)C1CCCC(NC(=NC)NCCCCOc2ccc(F)cc2)C1.I. The number of hydrogen-bond donors (Lipinski definition) is 2. The zero-order valence-corrected chi connectivity index (χ0v) is 19.9. The van der Waals surface area contributed by atoms with Gasteiger partial charge in [0, 0.05) is 41.4 Å². The van der Waals surface area contributed by atoms with Crippen molar-refractivity contribution >= 4 is 40.7 Å². The van der Waals surface area contributed by atoms with Crippen LogP contribution < -0.4 is 15.4 Å². The van der Waals surface area contributed by atoms with Crippen molar-refractivity contribution in [2.24, 2.45) is 4.99 Å². The predicted molar refractivity (Wildman–Crippen MR) is 126 cm³/mol. The van der Waals surface area contributed by atoms with Gasteiger partial charge < -0.3 is 15.4 Å². The van der Waals surface area contributed by atoms with Crippen LogP contribution >= 0.6 is 24.0 Å². The van der Waals surface area contributed by atoms with Gasteiger partial charge in [-0.05, 0) is 56.4 Å². The predicted octanol–water partition coefficient (Wildman–Crippen LogP) is 3.85. The number of unbranched alkanes of at least 4 members (excludes halogenated alkanes) is 1. The van der Waals surface area contributed by atoms with Gasteiger partial charge in [0.1, 0.15) is 11.6 Å². The maximum atomic E-state index is 12.8. The van der Waals surface area contributed by atoms with Crippen LogP contribution in [0.5, 0.6) is 5.75 Å². The highest BCUT2D eigenvalue weighted by atomic mass is 127. The highest BCUT2D eigenvalue weighted by Crippen LogP contribution is 2.23. The smallest absolute Gasteiger partial charge is 0.191 e. The number of rotatable bonds is 9. The quantitative estimate of drug-likeness (QED) is 0.223. The van der Waals surface area contributed by atoms with Gasteiger partial charge in [0.05, 0.1) is 6.61 Å². The molecule has 8 heteroatoms. The van der Waals surface area contributed by atoms with Gasteiger partial charge in [-0.15, -0.1) is 24.0 Å². The standard InChI is InChI=1S/C20H32FN3O2S.HI/c1-3-27(25)19-8-6-7-17(15-19)24-20(22-2)23-13-4-5-14-26-18-11-9-16(21)10-12-18;/h9-12,17,19H,3-8,13-15H2,1-2H3,(H2,22,23,24);1H. The van der Waals surface area contributed by atoms with Crippen LogP contribution in [0.4, 0.5) is 4.39 Å². The lowest BCUT2D eigenvalue weighted by Crippen LogP contribution is -2.46. The molecule has 3 atom stereocenters. The normalized spacial score (nSPS) is 20.8. The minimum absolute atomic E-state index is 0. The van der Waals surface area contributed by atoms with Crippen molar-refractivity contribution in [1.82, 2.24) is 10.6 Å². The molecule has 0 aliphatic heterocycles. The Kier molecular flexibility index (Phi) is 12.7. The van der Waals surface area contributed by atoms with Crippen molar-refractivity contribution in [3.8, 4) is 5.75 Å². The number of benzene rings is 1. The summed E-state index contributed by atoms with van der Waals surface area (Å²) in [5, 5.41) is 7.12. The first kappa shape index (κ1) is 25.1. The highest BCUT2D eigenvalue weighted by molar-refractivity contribution is 14.0. The number of hydrogen-bond acceptors (Lipinski definition) is 3. The number of ether oxygens (including phenoxy) is 1. The lowest BCUT2D eigenvalue weighted by molar-refractivity contribution is 0.306. The average Bonchev–Trinajstić information content (AvgIpc) is 2.70. The molecule has 2 N–H and O–H groups in total. The van der Waals surface area contributed by atoms with E-state index in [4.69, 9.17) is 4.74 Å². The van der Waals surface area contributed by atoms with Crippen molar-refractivity contribution in [1.29, 1.82) is 0 Å². The second-order valence-electron chi connectivity index (χ2n) is 6.81. The van der Waals surface area contributed by atoms with Gasteiger partial charge in [-0.1, -0.05) is 13.3 Å². The summed E-state index contributed by atoms with van der Waals surface area (Å²) in [6.07, 6.45) is 6.10. The van der Waals surface area contributed by atoms with Gasteiger partial charge in [0.2, 0.25) is 0 Å². The maximum Gasteiger partial charge on any atom is 0.191 e. The number of halogens is 2. The Hall–Kier alpha value is -0.900. The van der Waals surface area contributed by atoms with E-state index >= 15 is 0 Å².